The number of hydrogen-bond acceptors (Lipinski definition) is 3. The average molecular weight is 353 g/mol. The van der Waals surface area contributed by atoms with Gasteiger partial charge < -0.3 is 14.7 Å². The number of hydrogen-bond donors (Lipinski definition) is 1. The average Bonchev–Trinajstić information content (AvgIpc) is 2.45. The molecule has 9 heteroatoms. The molecule has 0 aliphatic carbocycles. The molecule has 1 aromatic carbocycles. The van der Waals surface area contributed by atoms with Gasteiger partial charge in [-0.1, -0.05) is 0 Å². The van der Waals surface area contributed by atoms with E-state index in [1.807, 2.05) is 0 Å². The fraction of sp³-hybridized carbons (Fsp3) is 0.533. The number of alkyl halides is 3. The number of amides is 1. The van der Waals surface area contributed by atoms with Crippen LogP contribution in [0, 0.1) is 11.6 Å². The Balaban J connectivity index is 1.89. The zero-order valence-electron chi connectivity index (χ0n) is 12.5. The smallest absolute Gasteiger partial charge is 0.389 e. The molecule has 1 amide bonds. The van der Waals surface area contributed by atoms with Gasteiger partial charge in [0.1, 0.15) is 29.6 Å². The molecule has 0 radical (unpaired) electrons. The highest BCUT2D eigenvalue weighted by Crippen LogP contribution is 2.24. The lowest BCUT2D eigenvalue weighted by molar-refractivity contribution is -0.152. The lowest BCUT2D eigenvalue weighted by atomic mass is 10.0. The van der Waals surface area contributed by atoms with Crippen molar-refractivity contribution >= 4 is 5.91 Å². The van der Waals surface area contributed by atoms with Crippen LogP contribution in [0.5, 0.6) is 5.75 Å². The van der Waals surface area contributed by atoms with Gasteiger partial charge in [0.05, 0.1) is 13.0 Å². The summed E-state index contributed by atoms with van der Waals surface area (Å²) < 4.78 is 67.9. The number of benzene rings is 1. The molecule has 0 saturated carbocycles. The summed E-state index contributed by atoms with van der Waals surface area (Å²) in [6.07, 6.45) is -8.16. The molecule has 0 aromatic heterocycles. The predicted molar refractivity (Wildman–Crippen MR) is 73.3 cm³/mol. The van der Waals surface area contributed by atoms with Gasteiger partial charge in [0.2, 0.25) is 5.91 Å². The Morgan fingerprint density at radius 3 is 2.42 bits per heavy atom. The number of rotatable bonds is 4. The second kappa shape index (κ2) is 7.33. The van der Waals surface area contributed by atoms with Crippen molar-refractivity contribution in [3.8, 4) is 5.75 Å². The normalized spacial score (nSPS) is 21.7. The number of ether oxygens (including phenoxy) is 1. The summed E-state index contributed by atoms with van der Waals surface area (Å²) in [5, 5.41) is 9.99. The predicted octanol–water partition coefficient (Wildman–Crippen LogP) is 2.65. The van der Waals surface area contributed by atoms with E-state index in [0.717, 1.165) is 17.0 Å². The zero-order chi connectivity index (χ0) is 17.9. The molecule has 2 atom stereocenters. The van der Waals surface area contributed by atoms with Crippen molar-refractivity contribution in [1.82, 2.24) is 4.90 Å². The maximum atomic E-state index is 13.1. The Bertz CT molecular complexity index is 573. The molecule has 1 heterocycles. The van der Waals surface area contributed by atoms with Crippen LogP contribution in [0.25, 0.3) is 0 Å². The van der Waals surface area contributed by atoms with E-state index >= 15 is 0 Å². The first kappa shape index (κ1) is 18.4. The van der Waals surface area contributed by atoms with Crippen LogP contribution in [0.1, 0.15) is 19.3 Å². The summed E-state index contributed by atoms with van der Waals surface area (Å²) in [5.41, 5.74) is 0. The third-order valence-corrected chi connectivity index (χ3v) is 3.62. The Morgan fingerprint density at radius 1 is 1.25 bits per heavy atom. The van der Waals surface area contributed by atoms with Gasteiger partial charge in [-0.3, -0.25) is 4.79 Å². The van der Waals surface area contributed by atoms with Gasteiger partial charge in [-0.2, -0.15) is 13.2 Å². The number of likely N-dealkylation sites (tertiary alicyclic amines) is 1. The van der Waals surface area contributed by atoms with Gasteiger partial charge in [-0.15, -0.1) is 0 Å². The second-order valence-electron chi connectivity index (χ2n) is 5.57. The van der Waals surface area contributed by atoms with Crippen molar-refractivity contribution in [2.24, 2.45) is 0 Å². The van der Waals surface area contributed by atoms with Crippen molar-refractivity contribution in [2.75, 3.05) is 13.1 Å². The molecule has 4 nitrogen and oxygen atoms in total. The minimum absolute atomic E-state index is 0.0935. The van der Waals surface area contributed by atoms with E-state index in [2.05, 4.69) is 0 Å². The van der Waals surface area contributed by atoms with Crippen LogP contribution in [-0.4, -0.2) is 47.4 Å². The van der Waals surface area contributed by atoms with E-state index in [1.165, 1.54) is 0 Å². The van der Waals surface area contributed by atoms with Gasteiger partial charge in [0.15, 0.2) is 0 Å². The molecular formula is C15H16F5NO3. The molecule has 0 spiro atoms. The van der Waals surface area contributed by atoms with E-state index in [0.29, 0.717) is 6.07 Å². The Morgan fingerprint density at radius 2 is 1.88 bits per heavy atom. The number of aliphatic hydroxyl groups is 1. The van der Waals surface area contributed by atoms with Crippen LogP contribution in [0.2, 0.25) is 0 Å². The first-order valence-electron chi connectivity index (χ1n) is 7.29. The molecule has 0 unspecified atom stereocenters. The van der Waals surface area contributed by atoms with Gasteiger partial charge in [-0.25, -0.2) is 8.78 Å². The number of nitrogens with zero attached hydrogens (tertiary/aromatic N) is 1. The zero-order valence-corrected chi connectivity index (χ0v) is 12.5. The summed E-state index contributed by atoms with van der Waals surface area (Å²) in [6, 6.07) is 2.58. The topological polar surface area (TPSA) is 49.8 Å². The van der Waals surface area contributed by atoms with Crippen molar-refractivity contribution in [1.29, 1.82) is 0 Å². The van der Waals surface area contributed by atoms with Crippen LogP contribution in [0.3, 0.4) is 0 Å². The number of carbonyl (C=O) groups excluding carboxylic acids is 1. The highest BCUT2D eigenvalue weighted by Gasteiger charge is 2.34. The standard InChI is InChI=1S/C15H16F5NO3/c16-9-5-10(17)7-11(6-9)24-13-2-4-21(8-12(13)22)14(23)1-3-15(18,19)20/h5-7,12-13,22H,1-4,8H2/t12-,13-/m1/s1. The molecule has 24 heavy (non-hydrogen) atoms. The Hall–Kier alpha value is -1.90. The van der Waals surface area contributed by atoms with Crippen LogP contribution >= 0.6 is 0 Å². The molecule has 1 aliphatic heterocycles. The van der Waals surface area contributed by atoms with Gasteiger partial charge in [0.25, 0.3) is 0 Å². The largest absolute Gasteiger partial charge is 0.487 e. The molecular weight excluding hydrogens is 337 g/mol. The minimum Gasteiger partial charge on any atom is -0.487 e. The lowest BCUT2D eigenvalue weighted by Gasteiger charge is -2.36. The molecule has 1 N–H and O–H groups in total. The Labute approximate surface area is 134 Å². The van der Waals surface area contributed by atoms with E-state index < -0.39 is 48.8 Å². The molecule has 1 fully saturated rings. The number of aliphatic hydroxyl groups excluding tert-OH is 1. The summed E-state index contributed by atoms with van der Waals surface area (Å²) in [5.74, 6) is -2.48. The third-order valence-electron chi connectivity index (χ3n) is 3.62. The highest BCUT2D eigenvalue weighted by atomic mass is 19.4. The number of β-amino-alcohol motifs (C(OH)–C–C–N with tert-alkyl or cyclic N) is 1. The number of carbonyl (C=O) groups is 1. The maximum absolute atomic E-state index is 13.1. The van der Waals surface area contributed by atoms with Crippen LogP contribution in [0.4, 0.5) is 22.0 Å². The van der Waals surface area contributed by atoms with E-state index in [-0.39, 0.29) is 25.3 Å². The second-order valence-corrected chi connectivity index (χ2v) is 5.57. The summed E-state index contributed by atoms with van der Waals surface area (Å²) in [6.45, 7) is -0.102. The first-order valence-corrected chi connectivity index (χ1v) is 7.29. The summed E-state index contributed by atoms with van der Waals surface area (Å²) >= 11 is 0. The summed E-state index contributed by atoms with van der Waals surface area (Å²) in [4.78, 5) is 12.8. The first-order chi connectivity index (χ1) is 11.1. The van der Waals surface area contributed by atoms with E-state index in [1.54, 1.807) is 0 Å². The number of halogens is 5. The van der Waals surface area contributed by atoms with Crippen molar-refractivity contribution in [3.05, 3.63) is 29.8 Å². The molecule has 1 saturated heterocycles. The monoisotopic (exact) mass is 353 g/mol. The van der Waals surface area contributed by atoms with Crippen molar-refractivity contribution in [3.63, 3.8) is 0 Å². The molecule has 1 aliphatic rings. The maximum Gasteiger partial charge on any atom is 0.389 e. The van der Waals surface area contributed by atoms with Crippen LogP contribution < -0.4 is 4.74 Å². The van der Waals surface area contributed by atoms with E-state index in [9.17, 15) is 31.9 Å². The lowest BCUT2D eigenvalue weighted by Crippen LogP contribution is -2.51. The van der Waals surface area contributed by atoms with Crippen LogP contribution in [0.15, 0.2) is 18.2 Å². The summed E-state index contributed by atoms with van der Waals surface area (Å²) in [7, 11) is 0. The third kappa shape index (κ3) is 5.33. The fourth-order valence-corrected chi connectivity index (χ4v) is 2.45. The molecule has 134 valence electrons. The molecule has 2 rings (SSSR count). The van der Waals surface area contributed by atoms with Crippen LogP contribution in [-0.2, 0) is 4.79 Å². The minimum atomic E-state index is -4.42. The van der Waals surface area contributed by atoms with Gasteiger partial charge in [-0.05, 0) is 0 Å². The van der Waals surface area contributed by atoms with Gasteiger partial charge in [0, 0.05) is 37.6 Å². The Kier molecular flexibility index (Phi) is 5.63. The molecule has 0 bridgehead atoms. The van der Waals surface area contributed by atoms with Gasteiger partial charge >= 0.3 is 6.18 Å². The fourth-order valence-electron chi connectivity index (χ4n) is 2.45. The van der Waals surface area contributed by atoms with Crippen molar-refractivity contribution in [2.45, 2.75) is 37.6 Å². The molecule has 1 aromatic rings. The SMILES string of the molecule is O=C(CCC(F)(F)F)N1CC[C@@H](Oc2cc(F)cc(F)c2)[C@H](O)C1. The quantitative estimate of drug-likeness (QED) is 0.847. The van der Waals surface area contributed by atoms with E-state index in [4.69, 9.17) is 4.74 Å². The highest BCUT2D eigenvalue weighted by molar-refractivity contribution is 5.76. The number of piperidine rings is 1. The van der Waals surface area contributed by atoms with Crippen molar-refractivity contribution < 1.29 is 36.6 Å².